The van der Waals surface area contributed by atoms with E-state index in [0.29, 0.717) is 5.82 Å². The first-order valence-electron chi connectivity index (χ1n) is 5.15. The number of hydrogen-bond acceptors (Lipinski definition) is 2. The highest BCUT2D eigenvalue weighted by Gasteiger charge is 2.05. The molecule has 0 amide bonds. The first-order chi connectivity index (χ1) is 7.69. The Labute approximate surface area is 93.7 Å². The summed E-state index contributed by atoms with van der Waals surface area (Å²) in [5.74, 6) is 0.467. The summed E-state index contributed by atoms with van der Waals surface area (Å²) in [6, 6.07) is 4.89. The van der Waals surface area contributed by atoms with E-state index in [1.54, 1.807) is 6.20 Å². The molecule has 0 saturated heterocycles. The number of nitrogens with zero attached hydrogens (tertiary/aromatic N) is 1. The van der Waals surface area contributed by atoms with Gasteiger partial charge in [-0.25, -0.2) is 9.37 Å². The highest BCUT2D eigenvalue weighted by Crippen LogP contribution is 2.18. The van der Waals surface area contributed by atoms with Crippen molar-refractivity contribution in [3.63, 3.8) is 0 Å². The number of rotatable bonds is 3. The molecule has 1 aromatic carbocycles. The number of hydrogen-bond donors (Lipinski definition) is 2. The number of halogens is 1. The minimum Gasteiger partial charge on any atom is -0.341 e. The molecule has 0 fully saturated rings. The molecular formula is C12H14FN3. The molecule has 0 radical (unpaired) electrons. The molecule has 0 bridgehead atoms. The Kier molecular flexibility index (Phi) is 3.01. The largest absolute Gasteiger partial charge is 0.341 e. The minimum atomic E-state index is -0.235. The third-order valence-corrected chi connectivity index (χ3v) is 2.31. The van der Waals surface area contributed by atoms with E-state index in [0.717, 1.165) is 23.4 Å². The van der Waals surface area contributed by atoms with Crippen molar-refractivity contribution in [1.29, 1.82) is 0 Å². The van der Waals surface area contributed by atoms with Crippen LogP contribution in [0.4, 0.5) is 4.39 Å². The molecule has 0 aliphatic carbocycles. The molecule has 0 unspecified atom stereocenters. The molecule has 2 N–H and O–H groups in total. The summed E-state index contributed by atoms with van der Waals surface area (Å²) in [5, 5.41) is 3.03. The van der Waals surface area contributed by atoms with Crippen LogP contribution in [0.25, 0.3) is 11.4 Å². The summed E-state index contributed by atoms with van der Waals surface area (Å²) in [5.41, 5.74) is 2.65. The molecule has 84 valence electrons. The van der Waals surface area contributed by atoms with Gasteiger partial charge >= 0.3 is 0 Å². The van der Waals surface area contributed by atoms with E-state index in [2.05, 4.69) is 15.3 Å². The fourth-order valence-corrected chi connectivity index (χ4v) is 1.66. The van der Waals surface area contributed by atoms with Gasteiger partial charge in [-0.15, -0.1) is 0 Å². The Balaban J connectivity index is 2.34. The molecule has 16 heavy (non-hydrogen) atoms. The fraction of sp³-hybridized carbons (Fsp3) is 0.250. The third kappa shape index (κ3) is 2.28. The second-order valence-electron chi connectivity index (χ2n) is 3.80. The van der Waals surface area contributed by atoms with E-state index < -0.39 is 0 Å². The molecule has 2 aromatic rings. The van der Waals surface area contributed by atoms with E-state index in [9.17, 15) is 4.39 Å². The van der Waals surface area contributed by atoms with Crippen LogP contribution in [0, 0.1) is 12.7 Å². The number of imidazole rings is 1. The van der Waals surface area contributed by atoms with Crippen molar-refractivity contribution in [2.45, 2.75) is 13.5 Å². The smallest absolute Gasteiger partial charge is 0.137 e. The minimum absolute atomic E-state index is 0.235. The van der Waals surface area contributed by atoms with Crippen molar-refractivity contribution in [1.82, 2.24) is 15.3 Å². The maximum absolute atomic E-state index is 13.2. The summed E-state index contributed by atoms with van der Waals surface area (Å²) in [4.78, 5) is 7.37. The molecule has 0 saturated carbocycles. The number of nitrogens with one attached hydrogen (secondary N) is 2. The zero-order chi connectivity index (χ0) is 11.5. The maximum atomic E-state index is 13.2. The van der Waals surface area contributed by atoms with Gasteiger partial charge in [0.2, 0.25) is 0 Å². The third-order valence-electron chi connectivity index (χ3n) is 2.31. The van der Waals surface area contributed by atoms with Crippen LogP contribution in [0.3, 0.4) is 0 Å². The molecule has 0 spiro atoms. The van der Waals surface area contributed by atoms with Gasteiger partial charge in [0, 0.05) is 24.0 Å². The van der Waals surface area contributed by atoms with Gasteiger partial charge in [-0.3, -0.25) is 0 Å². The van der Waals surface area contributed by atoms with Gasteiger partial charge in [-0.2, -0.15) is 0 Å². The van der Waals surface area contributed by atoms with Crippen molar-refractivity contribution >= 4 is 0 Å². The first kappa shape index (κ1) is 10.8. The van der Waals surface area contributed by atoms with Crippen LogP contribution >= 0.6 is 0 Å². The molecule has 3 nitrogen and oxygen atoms in total. The normalized spacial score (nSPS) is 10.7. The molecule has 1 aromatic heterocycles. The lowest BCUT2D eigenvalue weighted by Crippen LogP contribution is -2.04. The second-order valence-corrected chi connectivity index (χ2v) is 3.80. The molecule has 0 aliphatic heterocycles. The quantitative estimate of drug-likeness (QED) is 0.831. The van der Waals surface area contributed by atoms with E-state index >= 15 is 0 Å². The predicted molar refractivity (Wildman–Crippen MR) is 61.5 cm³/mol. The predicted octanol–water partition coefficient (Wildman–Crippen LogP) is 2.24. The standard InChI is InChI=1S/C12H14FN3/c1-8-3-9(5-10(13)4-8)12-15-7-11(16-12)6-14-2/h3-5,7,14H,6H2,1-2H3,(H,15,16). The molecule has 1 heterocycles. The summed E-state index contributed by atoms with van der Waals surface area (Å²) in [6.07, 6.45) is 1.76. The van der Waals surface area contributed by atoms with Gasteiger partial charge in [-0.1, -0.05) is 0 Å². The zero-order valence-electron chi connectivity index (χ0n) is 9.34. The van der Waals surface area contributed by atoms with E-state index in [1.165, 1.54) is 12.1 Å². The highest BCUT2D eigenvalue weighted by atomic mass is 19.1. The van der Waals surface area contributed by atoms with Crippen molar-refractivity contribution < 1.29 is 4.39 Å². The van der Waals surface area contributed by atoms with Crippen molar-refractivity contribution in [3.05, 3.63) is 41.5 Å². The fourth-order valence-electron chi connectivity index (χ4n) is 1.66. The van der Waals surface area contributed by atoms with E-state index in [-0.39, 0.29) is 5.82 Å². The lowest BCUT2D eigenvalue weighted by Gasteiger charge is -2.00. The van der Waals surface area contributed by atoms with Crippen LogP contribution in [0.2, 0.25) is 0 Å². The van der Waals surface area contributed by atoms with Gasteiger partial charge in [0.05, 0.1) is 0 Å². The second kappa shape index (κ2) is 4.45. The lowest BCUT2D eigenvalue weighted by molar-refractivity contribution is 0.627. The summed E-state index contributed by atoms with van der Waals surface area (Å²) < 4.78 is 13.2. The average molecular weight is 219 g/mol. The highest BCUT2D eigenvalue weighted by molar-refractivity contribution is 5.56. The Morgan fingerprint density at radius 3 is 2.88 bits per heavy atom. The summed E-state index contributed by atoms with van der Waals surface area (Å²) in [6.45, 7) is 2.59. The van der Waals surface area contributed by atoms with Crippen LogP contribution in [0.5, 0.6) is 0 Å². The number of benzene rings is 1. The van der Waals surface area contributed by atoms with Crippen LogP contribution in [0.15, 0.2) is 24.4 Å². The van der Waals surface area contributed by atoms with Crippen molar-refractivity contribution in [2.75, 3.05) is 7.05 Å². The maximum Gasteiger partial charge on any atom is 0.137 e. The number of H-pyrrole nitrogens is 1. The monoisotopic (exact) mass is 219 g/mol. The van der Waals surface area contributed by atoms with Crippen LogP contribution in [-0.2, 0) is 6.54 Å². The topological polar surface area (TPSA) is 40.7 Å². The summed E-state index contributed by atoms with van der Waals surface area (Å²) >= 11 is 0. The molecule has 0 aliphatic rings. The Morgan fingerprint density at radius 2 is 2.19 bits per heavy atom. The molecule has 2 rings (SSSR count). The first-order valence-corrected chi connectivity index (χ1v) is 5.15. The van der Waals surface area contributed by atoms with E-state index in [1.807, 2.05) is 20.0 Å². The van der Waals surface area contributed by atoms with Gasteiger partial charge in [0.1, 0.15) is 11.6 Å². The Hall–Kier alpha value is -1.68. The van der Waals surface area contributed by atoms with Crippen molar-refractivity contribution in [3.8, 4) is 11.4 Å². The number of aromatic amines is 1. The molecule has 4 heteroatoms. The Bertz CT molecular complexity index is 471. The number of aromatic nitrogens is 2. The van der Waals surface area contributed by atoms with Gasteiger partial charge < -0.3 is 10.3 Å². The molecule has 0 atom stereocenters. The van der Waals surface area contributed by atoms with Crippen LogP contribution < -0.4 is 5.32 Å². The van der Waals surface area contributed by atoms with Gasteiger partial charge in [-0.05, 0) is 37.7 Å². The van der Waals surface area contributed by atoms with Gasteiger partial charge in [0.15, 0.2) is 0 Å². The van der Waals surface area contributed by atoms with Gasteiger partial charge in [0.25, 0.3) is 0 Å². The molecular weight excluding hydrogens is 205 g/mol. The SMILES string of the molecule is CNCc1cnc(-c2cc(C)cc(F)c2)[nH]1. The van der Waals surface area contributed by atoms with Crippen molar-refractivity contribution in [2.24, 2.45) is 0 Å². The lowest BCUT2D eigenvalue weighted by atomic mass is 10.1. The average Bonchev–Trinajstić information content (AvgIpc) is 2.65. The zero-order valence-corrected chi connectivity index (χ0v) is 9.34. The number of aryl methyl sites for hydroxylation is 1. The van der Waals surface area contributed by atoms with Crippen LogP contribution in [0.1, 0.15) is 11.3 Å². The Morgan fingerprint density at radius 1 is 1.38 bits per heavy atom. The summed E-state index contributed by atoms with van der Waals surface area (Å²) in [7, 11) is 1.87. The van der Waals surface area contributed by atoms with Crippen LogP contribution in [-0.4, -0.2) is 17.0 Å². The van der Waals surface area contributed by atoms with E-state index in [4.69, 9.17) is 0 Å².